The third kappa shape index (κ3) is 3.84. The number of anilines is 1. The van der Waals surface area contributed by atoms with Gasteiger partial charge in [0.2, 0.25) is 0 Å². The monoisotopic (exact) mass is 293 g/mol. The van der Waals surface area contributed by atoms with Gasteiger partial charge in [0.1, 0.15) is 0 Å². The van der Waals surface area contributed by atoms with E-state index >= 15 is 0 Å². The molecule has 1 aromatic heterocycles. The highest BCUT2D eigenvalue weighted by atomic mass is 32.2. The molecular formula is C14H19N3O2S. The maximum absolute atomic E-state index is 11.6. The van der Waals surface area contributed by atoms with Crippen LogP contribution in [0.15, 0.2) is 42.7 Å². The molecule has 1 aromatic carbocycles. The molecule has 2 aromatic rings. The van der Waals surface area contributed by atoms with Crippen molar-refractivity contribution in [3.63, 3.8) is 0 Å². The van der Waals surface area contributed by atoms with Crippen LogP contribution >= 0.6 is 0 Å². The lowest BCUT2D eigenvalue weighted by atomic mass is 10.2. The maximum Gasteiger partial charge on any atom is 0.152 e. The zero-order valence-corrected chi connectivity index (χ0v) is 12.5. The maximum atomic E-state index is 11.6. The molecule has 0 fully saturated rings. The Morgan fingerprint density at radius 3 is 2.80 bits per heavy atom. The smallest absolute Gasteiger partial charge is 0.152 e. The minimum atomic E-state index is -2.97. The van der Waals surface area contributed by atoms with Gasteiger partial charge in [-0.3, -0.25) is 0 Å². The van der Waals surface area contributed by atoms with Crippen molar-refractivity contribution >= 4 is 15.5 Å². The molecule has 0 aliphatic rings. The van der Waals surface area contributed by atoms with E-state index in [9.17, 15) is 8.42 Å². The van der Waals surface area contributed by atoms with Crippen LogP contribution in [0.3, 0.4) is 0 Å². The second-order valence-electron chi connectivity index (χ2n) is 4.75. The van der Waals surface area contributed by atoms with Crippen molar-refractivity contribution < 1.29 is 8.42 Å². The summed E-state index contributed by atoms with van der Waals surface area (Å²) in [5, 5.41) is 7.39. The SMILES string of the molecule is CCS(=O)(=O)CC(C)Nc1cccc(-n2cccn2)c1. The Bertz CT molecular complexity index is 651. The first-order chi connectivity index (χ1) is 9.50. The van der Waals surface area contributed by atoms with Crippen molar-refractivity contribution in [2.75, 3.05) is 16.8 Å². The molecule has 5 nitrogen and oxygen atoms in total. The van der Waals surface area contributed by atoms with E-state index in [4.69, 9.17) is 0 Å². The quantitative estimate of drug-likeness (QED) is 0.886. The average Bonchev–Trinajstić information content (AvgIpc) is 2.92. The summed E-state index contributed by atoms with van der Waals surface area (Å²) in [6, 6.07) is 9.46. The molecule has 0 aliphatic heterocycles. The van der Waals surface area contributed by atoms with Crippen LogP contribution in [0.4, 0.5) is 5.69 Å². The molecule has 20 heavy (non-hydrogen) atoms. The molecule has 0 radical (unpaired) electrons. The van der Waals surface area contributed by atoms with E-state index in [1.807, 2.05) is 43.5 Å². The number of hydrogen-bond acceptors (Lipinski definition) is 4. The number of rotatable bonds is 6. The Balaban J connectivity index is 2.09. The van der Waals surface area contributed by atoms with E-state index < -0.39 is 9.84 Å². The van der Waals surface area contributed by atoms with Crippen molar-refractivity contribution in [3.05, 3.63) is 42.7 Å². The molecule has 1 N–H and O–H groups in total. The summed E-state index contributed by atoms with van der Waals surface area (Å²) in [7, 11) is -2.97. The van der Waals surface area contributed by atoms with Gasteiger partial charge in [0.05, 0.1) is 11.4 Å². The molecule has 0 aliphatic carbocycles. The fourth-order valence-electron chi connectivity index (χ4n) is 1.98. The predicted octanol–water partition coefficient (Wildman–Crippen LogP) is 2.11. The number of benzene rings is 1. The van der Waals surface area contributed by atoms with Gasteiger partial charge in [-0.1, -0.05) is 13.0 Å². The summed E-state index contributed by atoms with van der Waals surface area (Å²) in [4.78, 5) is 0. The van der Waals surface area contributed by atoms with Crippen molar-refractivity contribution in [3.8, 4) is 5.69 Å². The van der Waals surface area contributed by atoms with Gasteiger partial charge in [-0.05, 0) is 31.2 Å². The Kier molecular flexibility index (Phi) is 4.44. The molecule has 1 heterocycles. The van der Waals surface area contributed by atoms with E-state index in [0.717, 1.165) is 11.4 Å². The van der Waals surface area contributed by atoms with Gasteiger partial charge in [0, 0.05) is 29.9 Å². The Hall–Kier alpha value is -1.82. The van der Waals surface area contributed by atoms with Gasteiger partial charge in [-0.25, -0.2) is 13.1 Å². The lowest BCUT2D eigenvalue weighted by Crippen LogP contribution is -2.26. The van der Waals surface area contributed by atoms with Crippen LogP contribution in [-0.2, 0) is 9.84 Å². The molecule has 0 spiro atoms. The van der Waals surface area contributed by atoms with E-state index in [2.05, 4.69) is 10.4 Å². The van der Waals surface area contributed by atoms with Crippen molar-refractivity contribution in [2.24, 2.45) is 0 Å². The topological polar surface area (TPSA) is 64.0 Å². The average molecular weight is 293 g/mol. The lowest BCUT2D eigenvalue weighted by Gasteiger charge is -2.15. The number of nitrogens with one attached hydrogen (secondary N) is 1. The van der Waals surface area contributed by atoms with E-state index in [1.165, 1.54) is 0 Å². The highest BCUT2D eigenvalue weighted by molar-refractivity contribution is 7.91. The lowest BCUT2D eigenvalue weighted by molar-refractivity contribution is 0.593. The highest BCUT2D eigenvalue weighted by Crippen LogP contribution is 2.15. The molecule has 1 unspecified atom stereocenters. The standard InChI is InChI=1S/C14H19N3O2S/c1-3-20(18,19)11-12(2)16-13-6-4-7-14(10-13)17-9-5-8-15-17/h4-10,12,16H,3,11H2,1-2H3. The number of nitrogens with zero attached hydrogens (tertiary/aromatic N) is 2. The van der Waals surface area contributed by atoms with Gasteiger partial charge in [0.25, 0.3) is 0 Å². The van der Waals surface area contributed by atoms with E-state index in [0.29, 0.717) is 0 Å². The van der Waals surface area contributed by atoms with E-state index in [-0.39, 0.29) is 17.5 Å². The van der Waals surface area contributed by atoms with Gasteiger partial charge in [-0.15, -0.1) is 0 Å². The second-order valence-corrected chi connectivity index (χ2v) is 7.14. The summed E-state index contributed by atoms with van der Waals surface area (Å²) < 4.78 is 25.0. The summed E-state index contributed by atoms with van der Waals surface area (Å²) in [6.07, 6.45) is 3.58. The third-order valence-electron chi connectivity index (χ3n) is 2.97. The van der Waals surface area contributed by atoms with Crippen molar-refractivity contribution in [2.45, 2.75) is 19.9 Å². The zero-order chi connectivity index (χ0) is 14.6. The van der Waals surface area contributed by atoms with Crippen LogP contribution in [-0.4, -0.2) is 35.7 Å². The second kappa shape index (κ2) is 6.09. The Labute approximate surface area is 119 Å². The first-order valence-corrected chi connectivity index (χ1v) is 8.39. The number of hydrogen-bond donors (Lipinski definition) is 1. The molecule has 0 saturated carbocycles. The third-order valence-corrected chi connectivity index (χ3v) is 4.86. The minimum Gasteiger partial charge on any atom is -0.382 e. The van der Waals surface area contributed by atoms with Crippen LogP contribution in [0.2, 0.25) is 0 Å². The van der Waals surface area contributed by atoms with Crippen LogP contribution in [0.5, 0.6) is 0 Å². The van der Waals surface area contributed by atoms with Crippen LogP contribution in [0.1, 0.15) is 13.8 Å². The zero-order valence-electron chi connectivity index (χ0n) is 11.7. The largest absolute Gasteiger partial charge is 0.382 e. The molecule has 1 atom stereocenters. The molecule has 0 bridgehead atoms. The summed E-state index contributed by atoms with van der Waals surface area (Å²) in [6.45, 7) is 3.54. The molecular weight excluding hydrogens is 274 g/mol. The normalized spacial score (nSPS) is 13.1. The fourth-order valence-corrected chi connectivity index (χ4v) is 3.07. The van der Waals surface area contributed by atoms with Crippen LogP contribution in [0.25, 0.3) is 5.69 Å². The van der Waals surface area contributed by atoms with Gasteiger partial charge in [0.15, 0.2) is 9.84 Å². The fraction of sp³-hybridized carbons (Fsp3) is 0.357. The molecule has 0 amide bonds. The Morgan fingerprint density at radius 2 is 2.15 bits per heavy atom. The van der Waals surface area contributed by atoms with Crippen LogP contribution in [0, 0.1) is 0 Å². The van der Waals surface area contributed by atoms with Crippen molar-refractivity contribution in [1.82, 2.24) is 9.78 Å². The summed E-state index contributed by atoms with van der Waals surface area (Å²) in [5.41, 5.74) is 1.82. The molecule has 2 rings (SSSR count). The Morgan fingerprint density at radius 1 is 1.35 bits per heavy atom. The first-order valence-electron chi connectivity index (χ1n) is 6.57. The summed E-state index contributed by atoms with van der Waals surface area (Å²) in [5.74, 6) is 0.307. The van der Waals surface area contributed by atoms with Gasteiger partial charge < -0.3 is 5.32 Å². The molecule has 108 valence electrons. The van der Waals surface area contributed by atoms with Gasteiger partial charge >= 0.3 is 0 Å². The van der Waals surface area contributed by atoms with E-state index in [1.54, 1.807) is 17.8 Å². The van der Waals surface area contributed by atoms with Crippen LogP contribution < -0.4 is 5.32 Å². The molecule has 6 heteroatoms. The highest BCUT2D eigenvalue weighted by Gasteiger charge is 2.13. The number of aromatic nitrogens is 2. The minimum absolute atomic E-state index is 0.132. The first kappa shape index (κ1) is 14.6. The van der Waals surface area contributed by atoms with Gasteiger partial charge in [-0.2, -0.15) is 5.10 Å². The van der Waals surface area contributed by atoms with Crippen molar-refractivity contribution in [1.29, 1.82) is 0 Å². The molecule has 0 saturated heterocycles. The number of sulfone groups is 1. The predicted molar refractivity (Wildman–Crippen MR) is 81.0 cm³/mol. The summed E-state index contributed by atoms with van der Waals surface area (Å²) >= 11 is 0.